The van der Waals surface area contributed by atoms with E-state index < -0.39 is 0 Å². The maximum atomic E-state index is 6.01. The first kappa shape index (κ1) is 16.1. The normalized spacial score (nSPS) is 10.9. The van der Waals surface area contributed by atoms with Gasteiger partial charge in [-0.05, 0) is 42.0 Å². The highest BCUT2D eigenvalue weighted by Crippen LogP contribution is 2.38. The number of aromatic amines is 1. The maximum absolute atomic E-state index is 6.01. The van der Waals surface area contributed by atoms with Crippen LogP contribution < -0.4 is 0 Å². The Labute approximate surface area is 145 Å². The van der Waals surface area contributed by atoms with E-state index in [9.17, 15) is 0 Å². The van der Waals surface area contributed by atoms with Crippen molar-refractivity contribution < 1.29 is 0 Å². The van der Waals surface area contributed by atoms with Crippen molar-refractivity contribution in [3.63, 3.8) is 0 Å². The van der Waals surface area contributed by atoms with Gasteiger partial charge in [0.15, 0.2) is 0 Å². The van der Waals surface area contributed by atoms with Crippen molar-refractivity contribution in [2.45, 2.75) is 24.8 Å². The average Bonchev–Trinajstić information content (AvgIpc) is 3.00. The van der Waals surface area contributed by atoms with Gasteiger partial charge >= 0.3 is 0 Å². The van der Waals surface area contributed by atoms with E-state index in [1.54, 1.807) is 11.8 Å². The Kier molecular flexibility index (Phi) is 5.36. The molecule has 0 radical (unpaired) electrons. The van der Waals surface area contributed by atoms with E-state index in [1.165, 1.54) is 12.8 Å². The molecule has 0 unspecified atom stereocenters. The highest BCUT2D eigenvalue weighted by molar-refractivity contribution is 7.99. The van der Waals surface area contributed by atoms with Gasteiger partial charge in [0.25, 0.3) is 0 Å². The molecular weight excluding hydrogens is 326 g/mol. The summed E-state index contributed by atoms with van der Waals surface area (Å²) in [6.07, 6.45) is 6.00. The van der Waals surface area contributed by atoms with Gasteiger partial charge in [-0.1, -0.05) is 37.1 Å². The number of hydrogen-bond donors (Lipinski definition) is 1. The van der Waals surface area contributed by atoms with E-state index in [0.717, 1.165) is 38.2 Å². The van der Waals surface area contributed by atoms with Crippen molar-refractivity contribution in [1.29, 1.82) is 0 Å². The van der Waals surface area contributed by atoms with Crippen molar-refractivity contribution in [2.75, 3.05) is 5.75 Å². The summed E-state index contributed by atoms with van der Waals surface area (Å²) in [6.45, 7) is 2.20. The van der Waals surface area contributed by atoms with Gasteiger partial charge in [-0.25, -0.2) is 0 Å². The number of thioether (sulfide) groups is 1. The molecular formula is C18H18ClN3S. The van der Waals surface area contributed by atoms with Crippen LogP contribution in [0.25, 0.3) is 22.4 Å². The lowest BCUT2D eigenvalue weighted by atomic mass is 10.0. The first-order valence-electron chi connectivity index (χ1n) is 7.67. The fraction of sp³-hybridized carbons (Fsp3) is 0.222. The van der Waals surface area contributed by atoms with Crippen LogP contribution in [0.15, 0.2) is 53.8 Å². The predicted octanol–water partition coefficient (Wildman–Crippen LogP) is 5.68. The average molecular weight is 344 g/mol. The number of nitrogens with one attached hydrogen (secondary N) is 1. The van der Waals surface area contributed by atoms with Crippen molar-refractivity contribution >= 4 is 23.4 Å². The van der Waals surface area contributed by atoms with Crippen LogP contribution in [0.2, 0.25) is 5.02 Å². The van der Waals surface area contributed by atoms with Crippen LogP contribution in [0.1, 0.15) is 19.8 Å². The molecule has 0 bridgehead atoms. The molecule has 1 N–H and O–H groups in total. The predicted molar refractivity (Wildman–Crippen MR) is 97.9 cm³/mol. The SMILES string of the molecule is CCCCSc1n[nH]c(-c2ccc(Cl)cc2)c1-c1ccncc1. The number of unbranched alkanes of at least 4 members (excludes halogenated alkanes) is 1. The zero-order chi connectivity index (χ0) is 16.1. The summed E-state index contributed by atoms with van der Waals surface area (Å²) in [5.41, 5.74) is 4.36. The third kappa shape index (κ3) is 3.77. The van der Waals surface area contributed by atoms with Crippen LogP contribution in [0.5, 0.6) is 0 Å². The number of aromatic nitrogens is 3. The van der Waals surface area contributed by atoms with Crippen molar-refractivity contribution in [2.24, 2.45) is 0 Å². The lowest BCUT2D eigenvalue weighted by Gasteiger charge is -2.06. The number of H-pyrrole nitrogens is 1. The number of rotatable bonds is 6. The lowest BCUT2D eigenvalue weighted by molar-refractivity contribution is 0.893. The summed E-state index contributed by atoms with van der Waals surface area (Å²) in [5, 5.41) is 9.52. The van der Waals surface area contributed by atoms with Gasteiger partial charge in [0.2, 0.25) is 0 Å². The molecule has 0 atom stereocenters. The molecule has 5 heteroatoms. The molecule has 0 saturated heterocycles. The molecule has 23 heavy (non-hydrogen) atoms. The second-order valence-corrected chi connectivity index (χ2v) is 6.74. The second kappa shape index (κ2) is 7.66. The second-order valence-electron chi connectivity index (χ2n) is 5.22. The Morgan fingerprint density at radius 2 is 1.78 bits per heavy atom. The Morgan fingerprint density at radius 1 is 1.04 bits per heavy atom. The number of benzene rings is 1. The highest BCUT2D eigenvalue weighted by atomic mass is 35.5. The molecule has 2 aromatic heterocycles. The summed E-state index contributed by atoms with van der Waals surface area (Å²) < 4.78 is 0. The van der Waals surface area contributed by atoms with Crippen LogP contribution in [0, 0.1) is 0 Å². The van der Waals surface area contributed by atoms with Gasteiger partial charge in [-0.3, -0.25) is 10.1 Å². The van der Waals surface area contributed by atoms with E-state index in [0.29, 0.717) is 0 Å². The van der Waals surface area contributed by atoms with Gasteiger partial charge in [-0.2, -0.15) is 5.10 Å². The minimum Gasteiger partial charge on any atom is -0.276 e. The minimum atomic E-state index is 0.733. The van der Waals surface area contributed by atoms with Crippen LogP contribution in [0.3, 0.4) is 0 Å². The highest BCUT2D eigenvalue weighted by Gasteiger charge is 2.16. The third-order valence-corrected chi connectivity index (χ3v) is 4.89. The van der Waals surface area contributed by atoms with Crippen molar-refractivity contribution in [3.05, 3.63) is 53.8 Å². The van der Waals surface area contributed by atoms with Crippen molar-refractivity contribution in [1.82, 2.24) is 15.2 Å². The molecule has 0 aliphatic heterocycles. The maximum Gasteiger partial charge on any atom is 0.126 e. The fourth-order valence-electron chi connectivity index (χ4n) is 2.35. The molecule has 3 rings (SSSR count). The van der Waals surface area contributed by atoms with Gasteiger partial charge in [0.1, 0.15) is 5.03 Å². The molecule has 3 nitrogen and oxygen atoms in total. The monoisotopic (exact) mass is 343 g/mol. The van der Waals surface area contributed by atoms with Crippen LogP contribution in [-0.4, -0.2) is 20.9 Å². The third-order valence-electron chi connectivity index (χ3n) is 3.57. The molecule has 3 aromatic rings. The van der Waals surface area contributed by atoms with E-state index in [-0.39, 0.29) is 0 Å². The largest absolute Gasteiger partial charge is 0.276 e. The zero-order valence-corrected chi connectivity index (χ0v) is 14.5. The van der Waals surface area contributed by atoms with Gasteiger partial charge < -0.3 is 0 Å². The smallest absolute Gasteiger partial charge is 0.126 e. The Bertz CT molecular complexity index is 754. The summed E-state index contributed by atoms with van der Waals surface area (Å²) in [4.78, 5) is 4.12. The molecule has 0 fully saturated rings. The molecule has 118 valence electrons. The van der Waals surface area contributed by atoms with Crippen LogP contribution >= 0.6 is 23.4 Å². The molecule has 0 aliphatic rings. The van der Waals surface area contributed by atoms with E-state index >= 15 is 0 Å². The van der Waals surface area contributed by atoms with Crippen molar-refractivity contribution in [3.8, 4) is 22.4 Å². The Morgan fingerprint density at radius 3 is 2.48 bits per heavy atom. The lowest BCUT2D eigenvalue weighted by Crippen LogP contribution is -1.85. The molecule has 0 amide bonds. The number of nitrogens with zero attached hydrogens (tertiary/aromatic N) is 2. The molecule has 1 aromatic carbocycles. The first-order valence-corrected chi connectivity index (χ1v) is 9.03. The summed E-state index contributed by atoms with van der Waals surface area (Å²) in [5.74, 6) is 1.07. The Hall–Kier alpha value is -1.78. The topological polar surface area (TPSA) is 41.6 Å². The molecule has 2 heterocycles. The Balaban J connectivity index is 2.04. The van der Waals surface area contributed by atoms with E-state index in [2.05, 4.69) is 22.1 Å². The molecule has 0 aliphatic carbocycles. The van der Waals surface area contributed by atoms with E-state index in [1.807, 2.05) is 48.8 Å². The van der Waals surface area contributed by atoms with Gasteiger partial charge in [0.05, 0.1) is 5.69 Å². The summed E-state index contributed by atoms with van der Waals surface area (Å²) in [7, 11) is 0. The molecule has 0 saturated carbocycles. The van der Waals surface area contributed by atoms with Crippen LogP contribution in [0.4, 0.5) is 0 Å². The standard InChI is InChI=1S/C18H18ClN3S/c1-2-3-12-23-18-16(13-8-10-20-11-9-13)17(21-22-18)14-4-6-15(19)7-5-14/h4-11H,2-3,12H2,1H3,(H,21,22). The number of hydrogen-bond acceptors (Lipinski definition) is 3. The first-order chi connectivity index (χ1) is 11.3. The quantitative estimate of drug-likeness (QED) is 0.462. The van der Waals surface area contributed by atoms with E-state index in [4.69, 9.17) is 11.6 Å². The molecule has 0 spiro atoms. The number of halogens is 1. The van der Waals surface area contributed by atoms with Crippen LogP contribution in [-0.2, 0) is 0 Å². The number of pyridine rings is 1. The zero-order valence-electron chi connectivity index (χ0n) is 12.9. The van der Waals surface area contributed by atoms with Gasteiger partial charge in [-0.15, -0.1) is 11.8 Å². The summed E-state index contributed by atoms with van der Waals surface area (Å²) >= 11 is 7.80. The summed E-state index contributed by atoms with van der Waals surface area (Å²) in [6, 6.07) is 11.9. The minimum absolute atomic E-state index is 0.733. The fourth-order valence-corrected chi connectivity index (χ4v) is 3.58. The van der Waals surface area contributed by atoms with Gasteiger partial charge in [0, 0.05) is 28.5 Å².